The lowest BCUT2D eigenvalue weighted by Crippen LogP contribution is -2.00. The van der Waals surface area contributed by atoms with E-state index >= 15 is 0 Å². The normalized spacial score (nSPS) is 11.5. The van der Waals surface area contributed by atoms with Gasteiger partial charge in [-0.3, -0.25) is 9.97 Å². The van der Waals surface area contributed by atoms with Gasteiger partial charge in [-0.2, -0.15) is 0 Å². The molecule has 0 aliphatic heterocycles. The maximum Gasteiger partial charge on any atom is 0.165 e. The fourth-order valence-electron chi connectivity index (χ4n) is 7.25. The predicted octanol–water partition coefficient (Wildman–Crippen LogP) is 11.0. The summed E-state index contributed by atoms with van der Waals surface area (Å²) in [6, 6.07) is 50.7. The summed E-state index contributed by atoms with van der Waals surface area (Å²) in [6.45, 7) is 0. The van der Waals surface area contributed by atoms with Gasteiger partial charge in [0.2, 0.25) is 0 Å². The number of benzene rings is 6. The van der Waals surface area contributed by atoms with Crippen LogP contribution in [0, 0.1) is 0 Å². The number of pyridine rings is 3. The summed E-state index contributed by atoms with van der Waals surface area (Å²) in [4.78, 5) is 28.4. The molecule has 0 bridgehead atoms. The smallest absolute Gasteiger partial charge is 0.165 e. The molecule has 242 valence electrons. The lowest BCUT2D eigenvalue weighted by molar-refractivity contribution is 1.07. The molecule has 0 aliphatic rings. The number of nitrogens with zero attached hydrogens (tertiary/aromatic N) is 6. The Hall–Kier alpha value is -7.18. The Kier molecular flexibility index (Phi) is 7.03. The molecule has 10 aromatic rings. The van der Waals surface area contributed by atoms with E-state index in [1.165, 1.54) is 32.3 Å². The Morgan fingerprint density at radius 1 is 0.308 bits per heavy atom. The minimum absolute atomic E-state index is 0.559. The summed E-state index contributed by atoms with van der Waals surface area (Å²) in [6.07, 6.45) is 7.01. The number of aromatic nitrogens is 6. The van der Waals surface area contributed by atoms with E-state index in [1.807, 2.05) is 24.3 Å². The van der Waals surface area contributed by atoms with Crippen molar-refractivity contribution in [1.29, 1.82) is 0 Å². The first kappa shape index (κ1) is 29.7. The van der Waals surface area contributed by atoms with Gasteiger partial charge in [0, 0.05) is 63.2 Å². The zero-order chi connectivity index (χ0) is 34.4. The van der Waals surface area contributed by atoms with Crippen LogP contribution in [0.1, 0.15) is 0 Å². The van der Waals surface area contributed by atoms with Crippen LogP contribution in [0.5, 0.6) is 0 Å². The molecule has 0 fully saturated rings. The first-order valence-corrected chi connectivity index (χ1v) is 17.2. The molecule has 6 heteroatoms. The highest BCUT2D eigenvalue weighted by molar-refractivity contribution is 6.33. The van der Waals surface area contributed by atoms with E-state index in [2.05, 4.69) is 131 Å². The van der Waals surface area contributed by atoms with Gasteiger partial charge >= 0.3 is 0 Å². The molecular formula is C46H28N6. The van der Waals surface area contributed by atoms with Crippen LogP contribution in [0.15, 0.2) is 170 Å². The molecule has 0 radical (unpaired) electrons. The van der Waals surface area contributed by atoms with Gasteiger partial charge in [0.25, 0.3) is 0 Å². The molecule has 0 saturated carbocycles. The molecular weight excluding hydrogens is 637 g/mol. The highest BCUT2D eigenvalue weighted by Gasteiger charge is 2.18. The molecule has 4 heterocycles. The second kappa shape index (κ2) is 12.3. The lowest BCUT2D eigenvalue weighted by Gasteiger charge is -2.16. The third-order valence-corrected chi connectivity index (χ3v) is 9.66. The standard InChI is InChI=1S/C46H28N6/c1-3-16-37-35(14-1)36-15-2-4-17-38(36)42-41(37)39-18-5-6-19-40(39)49-43(42)32-11-7-10-31(26-32)29-20-22-30(23-21-29)44-50-45(33-12-8-24-47-27-33)52-46(51-44)34-13-9-25-48-28-34/h1-28H. The first-order chi connectivity index (χ1) is 25.8. The molecule has 6 aromatic carbocycles. The van der Waals surface area contributed by atoms with Crippen LogP contribution in [0.25, 0.3) is 99.8 Å². The van der Waals surface area contributed by atoms with Gasteiger partial charge in [-0.1, -0.05) is 109 Å². The number of para-hydroxylation sites is 1. The maximum absolute atomic E-state index is 5.35. The molecule has 0 spiro atoms. The van der Waals surface area contributed by atoms with E-state index < -0.39 is 0 Å². The number of rotatable bonds is 5. The van der Waals surface area contributed by atoms with Crippen molar-refractivity contribution < 1.29 is 0 Å². The van der Waals surface area contributed by atoms with Gasteiger partial charge in [0.1, 0.15) is 0 Å². The predicted molar refractivity (Wildman–Crippen MR) is 210 cm³/mol. The van der Waals surface area contributed by atoms with Gasteiger partial charge in [-0.15, -0.1) is 0 Å². The Labute approximate surface area is 299 Å². The first-order valence-electron chi connectivity index (χ1n) is 17.2. The highest BCUT2D eigenvalue weighted by atomic mass is 15.0. The van der Waals surface area contributed by atoms with Crippen LogP contribution in [-0.2, 0) is 0 Å². The summed E-state index contributed by atoms with van der Waals surface area (Å²) < 4.78 is 0. The van der Waals surface area contributed by atoms with Crippen LogP contribution in [-0.4, -0.2) is 29.9 Å². The van der Waals surface area contributed by atoms with Crippen LogP contribution >= 0.6 is 0 Å². The molecule has 0 atom stereocenters. The SMILES string of the molecule is c1cncc(-c2nc(-c3ccc(-c4cccc(-c5nc6ccccc6c6c7ccccc7c7ccccc7c56)c4)cc3)nc(-c3cccnc3)n2)c1. The van der Waals surface area contributed by atoms with Gasteiger partial charge in [-0.05, 0) is 69.1 Å². The summed E-state index contributed by atoms with van der Waals surface area (Å²) in [7, 11) is 0. The van der Waals surface area contributed by atoms with Gasteiger partial charge in [0.15, 0.2) is 17.5 Å². The van der Waals surface area contributed by atoms with Crippen LogP contribution in [0.4, 0.5) is 0 Å². The van der Waals surface area contributed by atoms with Crippen molar-refractivity contribution in [3.8, 4) is 56.5 Å². The average molecular weight is 665 g/mol. The van der Waals surface area contributed by atoms with Crippen LogP contribution in [0.2, 0.25) is 0 Å². The van der Waals surface area contributed by atoms with E-state index in [1.54, 1.807) is 24.8 Å². The zero-order valence-corrected chi connectivity index (χ0v) is 27.8. The van der Waals surface area contributed by atoms with Crippen molar-refractivity contribution in [2.45, 2.75) is 0 Å². The van der Waals surface area contributed by atoms with Crippen molar-refractivity contribution in [2.24, 2.45) is 0 Å². The molecule has 0 unspecified atom stereocenters. The summed E-state index contributed by atoms with van der Waals surface area (Å²) in [5.74, 6) is 1.70. The third-order valence-electron chi connectivity index (χ3n) is 9.66. The van der Waals surface area contributed by atoms with Gasteiger partial charge in [-0.25, -0.2) is 19.9 Å². The van der Waals surface area contributed by atoms with Gasteiger partial charge < -0.3 is 0 Å². The van der Waals surface area contributed by atoms with Crippen LogP contribution < -0.4 is 0 Å². The molecule has 10 rings (SSSR count). The molecule has 6 nitrogen and oxygen atoms in total. The van der Waals surface area contributed by atoms with Crippen molar-refractivity contribution in [1.82, 2.24) is 29.9 Å². The molecule has 0 aliphatic carbocycles. The quantitative estimate of drug-likeness (QED) is 0.170. The Morgan fingerprint density at radius 2 is 0.808 bits per heavy atom. The highest BCUT2D eigenvalue weighted by Crippen LogP contribution is 2.43. The fraction of sp³-hybridized carbons (Fsp3) is 0. The number of hydrogen-bond donors (Lipinski definition) is 0. The Morgan fingerprint density at radius 3 is 1.42 bits per heavy atom. The summed E-state index contributed by atoms with van der Waals surface area (Å²) >= 11 is 0. The molecule has 4 aromatic heterocycles. The van der Waals surface area contributed by atoms with Gasteiger partial charge in [0.05, 0.1) is 11.2 Å². The van der Waals surface area contributed by atoms with E-state index in [9.17, 15) is 0 Å². The third kappa shape index (κ3) is 5.05. The number of fused-ring (bicyclic) bond motifs is 8. The molecule has 52 heavy (non-hydrogen) atoms. The second-order valence-electron chi connectivity index (χ2n) is 12.8. The Bertz CT molecular complexity index is 2890. The monoisotopic (exact) mass is 664 g/mol. The maximum atomic E-state index is 5.35. The minimum atomic E-state index is 0.559. The molecule has 0 N–H and O–H groups in total. The largest absolute Gasteiger partial charge is 0.264 e. The molecule has 0 amide bonds. The topological polar surface area (TPSA) is 77.3 Å². The summed E-state index contributed by atoms with van der Waals surface area (Å²) in [5, 5.41) is 8.48. The van der Waals surface area contributed by atoms with Crippen LogP contribution in [0.3, 0.4) is 0 Å². The van der Waals surface area contributed by atoms with E-state index in [-0.39, 0.29) is 0 Å². The molecule has 0 saturated heterocycles. The van der Waals surface area contributed by atoms with E-state index in [0.717, 1.165) is 50.0 Å². The average Bonchev–Trinajstić information content (AvgIpc) is 3.24. The van der Waals surface area contributed by atoms with Crippen molar-refractivity contribution in [3.05, 3.63) is 170 Å². The van der Waals surface area contributed by atoms with Crippen molar-refractivity contribution >= 4 is 43.2 Å². The van der Waals surface area contributed by atoms with E-state index in [0.29, 0.717) is 17.5 Å². The van der Waals surface area contributed by atoms with Crippen molar-refractivity contribution in [2.75, 3.05) is 0 Å². The summed E-state index contributed by atoms with van der Waals surface area (Å²) in [5.41, 5.74) is 7.73. The zero-order valence-electron chi connectivity index (χ0n) is 27.8. The fourth-order valence-corrected chi connectivity index (χ4v) is 7.25. The van der Waals surface area contributed by atoms with E-state index in [4.69, 9.17) is 19.9 Å². The Balaban J connectivity index is 1.11. The lowest BCUT2D eigenvalue weighted by atomic mass is 9.89. The minimum Gasteiger partial charge on any atom is -0.264 e. The van der Waals surface area contributed by atoms with Crippen molar-refractivity contribution in [3.63, 3.8) is 0 Å². The number of hydrogen-bond acceptors (Lipinski definition) is 6. The second-order valence-corrected chi connectivity index (χ2v) is 12.8.